The molecule has 14 heavy (non-hydrogen) atoms. The van der Waals surface area contributed by atoms with Crippen LogP contribution >= 0.6 is 0 Å². The minimum absolute atomic E-state index is 0.491. The zero-order valence-corrected chi connectivity index (χ0v) is 7.57. The first-order chi connectivity index (χ1) is 6.63. The Balaban J connectivity index is 3.14. The zero-order chi connectivity index (χ0) is 10.6. The molecule has 0 saturated carbocycles. The first-order valence-corrected chi connectivity index (χ1v) is 3.94. The van der Waals surface area contributed by atoms with Gasteiger partial charge in [0, 0.05) is 17.0 Å². The summed E-state index contributed by atoms with van der Waals surface area (Å²) in [6.07, 6.45) is 0.700. The van der Waals surface area contributed by atoms with Gasteiger partial charge in [-0.1, -0.05) is 18.1 Å². The molecule has 0 aliphatic rings. The number of aliphatic carboxylic acids is 1. The van der Waals surface area contributed by atoms with Crippen LogP contribution in [0.4, 0.5) is 0 Å². The maximum atomic E-state index is 10.4. The Morgan fingerprint density at radius 1 is 1.50 bits per heavy atom. The van der Waals surface area contributed by atoms with Crippen molar-refractivity contribution in [2.45, 2.75) is 6.92 Å². The van der Waals surface area contributed by atoms with E-state index in [4.69, 9.17) is 5.11 Å². The Morgan fingerprint density at radius 3 is 2.79 bits per heavy atom. The van der Waals surface area contributed by atoms with Gasteiger partial charge >= 0.3 is 5.97 Å². The van der Waals surface area contributed by atoms with E-state index in [2.05, 4.69) is 5.92 Å². The molecular formula is C11H8O3. The Kier molecular flexibility index (Phi) is 3.03. The van der Waals surface area contributed by atoms with Gasteiger partial charge in [0.15, 0.2) is 0 Å². The number of benzene rings is 1. The summed E-state index contributed by atoms with van der Waals surface area (Å²) in [5.41, 5.74) is 1.91. The lowest BCUT2D eigenvalue weighted by Crippen LogP contribution is -1.90. The van der Waals surface area contributed by atoms with Gasteiger partial charge in [-0.3, -0.25) is 4.79 Å². The van der Waals surface area contributed by atoms with Crippen molar-refractivity contribution in [2.24, 2.45) is 0 Å². The molecule has 0 radical (unpaired) electrons. The zero-order valence-electron chi connectivity index (χ0n) is 7.57. The van der Waals surface area contributed by atoms with Gasteiger partial charge in [-0.2, -0.15) is 0 Å². The largest absolute Gasteiger partial charge is 0.472 e. The van der Waals surface area contributed by atoms with Crippen molar-refractivity contribution in [1.29, 1.82) is 0 Å². The number of aryl methyl sites for hydroxylation is 1. The van der Waals surface area contributed by atoms with E-state index in [9.17, 15) is 9.59 Å². The first kappa shape index (κ1) is 10.0. The molecule has 0 bridgehead atoms. The molecule has 70 valence electrons. The highest BCUT2D eigenvalue weighted by Crippen LogP contribution is 2.08. The predicted molar refractivity (Wildman–Crippen MR) is 51.1 cm³/mol. The molecule has 0 amide bonds. The highest BCUT2D eigenvalue weighted by atomic mass is 16.4. The molecule has 0 unspecified atom stereocenters. The van der Waals surface area contributed by atoms with Crippen molar-refractivity contribution in [3.63, 3.8) is 0 Å². The monoisotopic (exact) mass is 188 g/mol. The average Bonchev–Trinajstić information content (AvgIpc) is 2.16. The van der Waals surface area contributed by atoms with Crippen LogP contribution in [0, 0.1) is 18.8 Å². The number of rotatable bonds is 1. The fourth-order valence-electron chi connectivity index (χ4n) is 0.968. The van der Waals surface area contributed by atoms with Crippen LogP contribution in [-0.2, 0) is 4.79 Å². The van der Waals surface area contributed by atoms with Crippen molar-refractivity contribution in [3.8, 4) is 11.8 Å². The number of carbonyl (C=O) groups is 2. The van der Waals surface area contributed by atoms with Gasteiger partial charge in [0.1, 0.15) is 6.29 Å². The molecule has 1 aromatic carbocycles. The third-order valence-corrected chi connectivity index (χ3v) is 1.70. The quantitative estimate of drug-likeness (QED) is 0.533. The summed E-state index contributed by atoms with van der Waals surface area (Å²) in [5.74, 6) is 3.30. The summed E-state index contributed by atoms with van der Waals surface area (Å²) in [6.45, 7) is 1.81. The highest BCUT2D eigenvalue weighted by Gasteiger charge is 1.97. The molecule has 0 aliphatic carbocycles. The third kappa shape index (κ3) is 2.46. The van der Waals surface area contributed by atoms with E-state index in [1.807, 2.05) is 5.92 Å². The van der Waals surface area contributed by atoms with Crippen LogP contribution in [-0.4, -0.2) is 17.4 Å². The molecule has 1 rings (SSSR count). The normalized spacial score (nSPS) is 8.64. The van der Waals surface area contributed by atoms with E-state index in [1.54, 1.807) is 25.1 Å². The Labute approximate surface area is 81.4 Å². The molecule has 0 aromatic heterocycles. The molecule has 1 N–H and O–H groups in total. The Bertz CT molecular complexity index is 436. The molecule has 0 heterocycles. The van der Waals surface area contributed by atoms with Crippen LogP contribution < -0.4 is 0 Å². The molecule has 3 heteroatoms. The van der Waals surface area contributed by atoms with Crippen molar-refractivity contribution < 1.29 is 14.7 Å². The van der Waals surface area contributed by atoms with Gasteiger partial charge in [-0.15, -0.1) is 0 Å². The van der Waals surface area contributed by atoms with E-state index >= 15 is 0 Å². The van der Waals surface area contributed by atoms with Gasteiger partial charge < -0.3 is 5.11 Å². The van der Waals surface area contributed by atoms with Crippen LogP contribution in [0.5, 0.6) is 0 Å². The molecular weight excluding hydrogens is 180 g/mol. The number of carbonyl (C=O) groups excluding carboxylic acids is 1. The summed E-state index contributed by atoms with van der Waals surface area (Å²) in [4.78, 5) is 20.6. The molecule has 0 atom stereocenters. The second-order valence-electron chi connectivity index (χ2n) is 2.75. The number of aldehydes is 1. The third-order valence-electron chi connectivity index (χ3n) is 1.70. The van der Waals surface area contributed by atoms with Gasteiger partial charge in [0.2, 0.25) is 0 Å². The highest BCUT2D eigenvalue weighted by molar-refractivity contribution is 5.87. The second-order valence-corrected chi connectivity index (χ2v) is 2.75. The molecule has 3 nitrogen and oxygen atoms in total. The second kappa shape index (κ2) is 4.24. The van der Waals surface area contributed by atoms with Gasteiger partial charge in [-0.05, 0) is 18.6 Å². The lowest BCUT2D eigenvalue weighted by atomic mass is 10.1. The predicted octanol–water partition coefficient (Wildman–Crippen LogP) is 1.24. The fourth-order valence-corrected chi connectivity index (χ4v) is 0.968. The van der Waals surface area contributed by atoms with Gasteiger partial charge in [-0.25, -0.2) is 4.79 Å². The summed E-state index contributed by atoms with van der Waals surface area (Å²) in [5, 5.41) is 8.35. The van der Waals surface area contributed by atoms with Crippen LogP contribution in [0.2, 0.25) is 0 Å². The summed E-state index contributed by atoms with van der Waals surface area (Å²) >= 11 is 0. The smallest absolute Gasteiger partial charge is 0.382 e. The minimum Gasteiger partial charge on any atom is -0.472 e. The van der Waals surface area contributed by atoms with E-state index in [0.717, 1.165) is 5.56 Å². The lowest BCUT2D eigenvalue weighted by Gasteiger charge is -1.97. The maximum Gasteiger partial charge on any atom is 0.382 e. The number of hydrogen-bond acceptors (Lipinski definition) is 2. The van der Waals surface area contributed by atoms with Crippen molar-refractivity contribution in [1.82, 2.24) is 0 Å². The standard InChI is InChI=1S/C11H8O3/c1-8-2-3-9(7-12)6-10(8)4-5-11(13)14/h2-3,6-7H,1H3,(H,13,14). The topological polar surface area (TPSA) is 54.4 Å². The fraction of sp³-hybridized carbons (Fsp3) is 0.0909. The SMILES string of the molecule is Cc1ccc(C=O)cc1C#CC(=O)O. The van der Waals surface area contributed by atoms with Crippen molar-refractivity contribution in [2.75, 3.05) is 0 Å². The maximum absolute atomic E-state index is 10.4. The van der Waals surface area contributed by atoms with Gasteiger partial charge in [0.05, 0.1) is 0 Å². The van der Waals surface area contributed by atoms with E-state index < -0.39 is 5.97 Å². The van der Waals surface area contributed by atoms with Crippen LogP contribution in [0.25, 0.3) is 0 Å². The molecule has 0 fully saturated rings. The van der Waals surface area contributed by atoms with Crippen molar-refractivity contribution in [3.05, 3.63) is 34.9 Å². The summed E-state index contributed by atoms with van der Waals surface area (Å²) in [6, 6.07) is 4.96. The van der Waals surface area contributed by atoms with E-state index in [1.165, 1.54) is 0 Å². The molecule has 0 saturated heterocycles. The summed E-state index contributed by atoms with van der Waals surface area (Å²) in [7, 11) is 0. The van der Waals surface area contributed by atoms with Crippen LogP contribution in [0.1, 0.15) is 21.5 Å². The minimum atomic E-state index is -1.18. The van der Waals surface area contributed by atoms with Crippen LogP contribution in [0.3, 0.4) is 0 Å². The lowest BCUT2D eigenvalue weighted by molar-refractivity contribution is -0.130. The number of carboxylic acids is 1. The number of carboxylic acid groups (broad SMARTS) is 1. The number of hydrogen-bond donors (Lipinski definition) is 1. The van der Waals surface area contributed by atoms with E-state index in [0.29, 0.717) is 17.4 Å². The molecule has 0 aliphatic heterocycles. The van der Waals surface area contributed by atoms with Gasteiger partial charge in [0.25, 0.3) is 0 Å². The molecule has 0 spiro atoms. The van der Waals surface area contributed by atoms with Crippen LogP contribution in [0.15, 0.2) is 18.2 Å². The Hall–Kier alpha value is -2.08. The van der Waals surface area contributed by atoms with E-state index in [-0.39, 0.29) is 0 Å². The molecule has 1 aromatic rings. The summed E-state index contributed by atoms with van der Waals surface area (Å²) < 4.78 is 0. The Morgan fingerprint density at radius 2 is 2.21 bits per heavy atom. The first-order valence-electron chi connectivity index (χ1n) is 3.94. The average molecular weight is 188 g/mol. The van der Waals surface area contributed by atoms with Crippen molar-refractivity contribution >= 4 is 12.3 Å².